The van der Waals surface area contributed by atoms with Crippen LogP contribution in [0.1, 0.15) is 5.56 Å². The van der Waals surface area contributed by atoms with Crippen LogP contribution in [0.5, 0.6) is 0 Å². The number of amides is 1. The number of benzene rings is 2. The molecule has 1 amide bonds. The Bertz CT molecular complexity index is 977. The van der Waals surface area contributed by atoms with Crippen molar-refractivity contribution in [2.24, 2.45) is 4.99 Å². The molecule has 0 bridgehead atoms. The molecule has 1 heterocycles. The number of aromatic nitrogens is 1. The molecule has 0 atom stereocenters. The van der Waals surface area contributed by atoms with Crippen molar-refractivity contribution in [2.75, 3.05) is 20.0 Å². The van der Waals surface area contributed by atoms with Crippen molar-refractivity contribution in [1.29, 1.82) is 0 Å². The molecule has 3 rings (SSSR count). The number of methoxy groups -OCH3 is 1. The Labute approximate surface area is 159 Å². The van der Waals surface area contributed by atoms with E-state index in [0.717, 1.165) is 15.2 Å². The molecule has 4 nitrogen and oxygen atoms in total. The minimum atomic E-state index is -0.323. The van der Waals surface area contributed by atoms with Gasteiger partial charge in [0, 0.05) is 18.6 Å². The lowest BCUT2D eigenvalue weighted by molar-refractivity contribution is -0.117. The molecule has 0 aliphatic heterocycles. The molecule has 0 radical (unpaired) electrons. The predicted molar refractivity (Wildman–Crippen MR) is 104 cm³/mol. The summed E-state index contributed by atoms with van der Waals surface area (Å²) in [5.74, 6) is -0.573. The van der Waals surface area contributed by atoms with Crippen LogP contribution >= 0.6 is 23.1 Å². The van der Waals surface area contributed by atoms with Crippen molar-refractivity contribution in [1.82, 2.24) is 4.57 Å². The van der Waals surface area contributed by atoms with Crippen molar-refractivity contribution in [3.8, 4) is 0 Å². The molecule has 0 N–H and O–H groups in total. The summed E-state index contributed by atoms with van der Waals surface area (Å²) in [5.41, 5.74) is 1.37. The minimum absolute atomic E-state index is 0.218. The second kappa shape index (κ2) is 8.62. The van der Waals surface area contributed by atoms with E-state index in [9.17, 15) is 9.18 Å². The van der Waals surface area contributed by atoms with Gasteiger partial charge < -0.3 is 9.30 Å². The van der Waals surface area contributed by atoms with E-state index < -0.39 is 0 Å². The molecular weight excluding hydrogens is 371 g/mol. The van der Waals surface area contributed by atoms with Gasteiger partial charge in [0.15, 0.2) is 4.80 Å². The van der Waals surface area contributed by atoms with E-state index in [0.29, 0.717) is 23.5 Å². The van der Waals surface area contributed by atoms with Gasteiger partial charge in [-0.15, -0.1) is 11.8 Å². The normalized spacial score (nSPS) is 12.0. The molecule has 0 aliphatic rings. The zero-order chi connectivity index (χ0) is 18.5. The fourth-order valence-corrected chi connectivity index (χ4v) is 4.12. The van der Waals surface area contributed by atoms with Crippen LogP contribution in [0.2, 0.25) is 0 Å². The van der Waals surface area contributed by atoms with Gasteiger partial charge in [-0.25, -0.2) is 4.39 Å². The lowest BCUT2D eigenvalue weighted by atomic mass is 10.1. The van der Waals surface area contributed by atoms with Crippen LogP contribution in [-0.2, 0) is 22.5 Å². The zero-order valence-electron chi connectivity index (χ0n) is 14.6. The Morgan fingerprint density at radius 1 is 1.27 bits per heavy atom. The highest BCUT2D eigenvalue weighted by Gasteiger charge is 2.12. The molecular formula is C19H19FN2O2S2. The molecule has 0 aliphatic carbocycles. The van der Waals surface area contributed by atoms with Gasteiger partial charge in [0.25, 0.3) is 5.91 Å². The topological polar surface area (TPSA) is 43.6 Å². The van der Waals surface area contributed by atoms with Crippen LogP contribution in [0, 0.1) is 5.82 Å². The second-order valence-corrected chi connectivity index (χ2v) is 7.53. The molecule has 26 heavy (non-hydrogen) atoms. The van der Waals surface area contributed by atoms with E-state index in [4.69, 9.17) is 4.74 Å². The van der Waals surface area contributed by atoms with Gasteiger partial charge >= 0.3 is 0 Å². The van der Waals surface area contributed by atoms with Crippen LogP contribution in [-0.4, -0.2) is 30.4 Å². The summed E-state index contributed by atoms with van der Waals surface area (Å²) in [6.45, 7) is 0.851. The Hall–Kier alpha value is -1.96. The Morgan fingerprint density at radius 3 is 2.73 bits per heavy atom. The number of carbonyl (C=O) groups is 1. The summed E-state index contributed by atoms with van der Waals surface area (Å²) in [5, 5.41) is 0. The van der Waals surface area contributed by atoms with E-state index in [1.165, 1.54) is 17.4 Å². The molecule has 3 aromatic rings. The largest absolute Gasteiger partial charge is 0.383 e. The van der Waals surface area contributed by atoms with Crippen LogP contribution in [0.15, 0.2) is 52.4 Å². The van der Waals surface area contributed by atoms with Crippen LogP contribution in [0.25, 0.3) is 10.2 Å². The monoisotopic (exact) mass is 390 g/mol. The van der Waals surface area contributed by atoms with E-state index >= 15 is 0 Å². The van der Waals surface area contributed by atoms with Crippen molar-refractivity contribution >= 4 is 39.2 Å². The molecule has 0 saturated carbocycles. The van der Waals surface area contributed by atoms with E-state index in [1.54, 1.807) is 29.5 Å². The molecule has 136 valence electrons. The Balaban J connectivity index is 1.94. The SMILES string of the molecule is COCCn1c(=NC(=O)Cc2ccc(SC)cc2)sc2cccc(F)c21. The fraction of sp³-hybridized carbons (Fsp3) is 0.263. The molecule has 2 aromatic carbocycles. The first kappa shape index (κ1) is 18.8. The highest BCUT2D eigenvalue weighted by molar-refractivity contribution is 7.98. The summed E-state index contributed by atoms with van der Waals surface area (Å²) in [6.07, 6.45) is 2.23. The van der Waals surface area contributed by atoms with Gasteiger partial charge in [0.1, 0.15) is 5.82 Å². The molecule has 0 unspecified atom stereocenters. The van der Waals surface area contributed by atoms with E-state index in [2.05, 4.69) is 4.99 Å². The smallest absolute Gasteiger partial charge is 0.252 e. The van der Waals surface area contributed by atoms with Crippen molar-refractivity contribution in [3.05, 3.63) is 58.6 Å². The van der Waals surface area contributed by atoms with E-state index in [1.807, 2.05) is 36.6 Å². The van der Waals surface area contributed by atoms with Crippen LogP contribution in [0.3, 0.4) is 0 Å². The fourth-order valence-electron chi connectivity index (χ4n) is 2.63. The van der Waals surface area contributed by atoms with Crippen LogP contribution < -0.4 is 4.80 Å². The summed E-state index contributed by atoms with van der Waals surface area (Å²) in [6, 6.07) is 12.7. The van der Waals surface area contributed by atoms with Gasteiger partial charge in [-0.3, -0.25) is 4.79 Å². The molecule has 0 spiro atoms. The van der Waals surface area contributed by atoms with Gasteiger partial charge in [0.2, 0.25) is 0 Å². The van der Waals surface area contributed by atoms with Crippen LogP contribution in [0.4, 0.5) is 4.39 Å². The molecule has 0 fully saturated rings. The van der Waals surface area contributed by atoms with Crippen molar-refractivity contribution < 1.29 is 13.9 Å². The second-order valence-electron chi connectivity index (χ2n) is 5.65. The lowest BCUT2D eigenvalue weighted by Crippen LogP contribution is -2.20. The van der Waals surface area contributed by atoms with Crippen molar-refractivity contribution in [3.63, 3.8) is 0 Å². The number of ether oxygens (including phenoxy) is 1. The summed E-state index contributed by atoms with van der Waals surface area (Å²) >= 11 is 2.96. The highest BCUT2D eigenvalue weighted by atomic mass is 32.2. The average molecular weight is 391 g/mol. The zero-order valence-corrected chi connectivity index (χ0v) is 16.2. The third-order valence-electron chi connectivity index (χ3n) is 3.91. The quantitative estimate of drug-likeness (QED) is 0.600. The molecule has 7 heteroatoms. The summed E-state index contributed by atoms with van der Waals surface area (Å²) in [7, 11) is 1.59. The third-order valence-corrected chi connectivity index (χ3v) is 5.69. The maximum absolute atomic E-state index is 14.3. The van der Waals surface area contributed by atoms with Crippen molar-refractivity contribution in [2.45, 2.75) is 17.9 Å². The number of rotatable bonds is 6. The summed E-state index contributed by atoms with van der Waals surface area (Å²) < 4.78 is 21.9. The first-order valence-electron chi connectivity index (χ1n) is 8.09. The first-order valence-corrected chi connectivity index (χ1v) is 10.1. The van der Waals surface area contributed by atoms with Gasteiger partial charge in [-0.05, 0) is 36.1 Å². The minimum Gasteiger partial charge on any atom is -0.383 e. The number of fused-ring (bicyclic) bond motifs is 1. The summed E-state index contributed by atoms with van der Waals surface area (Å²) in [4.78, 5) is 18.3. The number of thiazole rings is 1. The number of hydrogen-bond donors (Lipinski definition) is 0. The van der Waals surface area contributed by atoms with Gasteiger partial charge in [0.05, 0.1) is 23.2 Å². The highest BCUT2D eigenvalue weighted by Crippen LogP contribution is 2.20. The number of halogens is 1. The number of hydrogen-bond acceptors (Lipinski definition) is 4. The maximum Gasteiger partial charge on any atom is 0.252 e. The van der Waals surface area contributed by atoms with Gasteiger partial charge in [-0.1, -0.05) is 29.5 Å². The molecule has 1 aromatic heterocycles. The standard InChI is InChI=1S/C19H19FN2O2S2/c1-24-11-10-22-18-15(20)4-3-5-16(18)26-19(22)21-17(23)12-13-6-8-14(25-2)9-7-13/h3-9H,10-12H2,1-2H3. The first-order chi connectivity index (χ1) is 12.6. The van der Waals surface area contributed by atoms with E-state index in [-0.39, 0.29) is 18.1 Å². The average Bonchev–Trinajstić information content (AvgIpc) is 2.98. The number of thioether (sulfide) groups is 1. The lowest BCUT2D eigenvalue weighted by Gasteiger charge is -2.05. The number of nitrogens with zero attached hydrogens (tertiary/aromatic N) is 2. The molecule has 0 saturated heterocycles. The third kappa shape index (κ3) is 4.23. The number of carbonyl (C=O) groups excluding carboxylic acids is 1. The number of para-hydroxylation sites is 1. The van der Waals surface area contributed by atoms with Gasteiger partial charge in [-0.2, -0.15) is 4.99 Å². The maximum atomic E-state index is 14.3. The Morgan fingerprint density at radius 2 is 2.04 bits per heavy atom. The predicted octanol–water partition coefficient (Wildman–Crippen LogP) is 3.88. The Kier molecular flexibility index (Phi) is 6.24.